The van der Waals surface area contributed by atoms with Crippen molar-refractivity contribution in [3.05, 3.63) is 29.6 Å². The molecular weight excluding hydrogens is 273 g/mol. The zero-order chi connectivity index (χ0) is 14.0. The van der Waals surface area contributed by atoms with E-state index < -0.39 is 0 Å². The summed E-state index contributed by atoms with van der Waals surface area (Å²) in [5.74, 6) is 2.24. The van der Waals surface area contributed by atoms with Gasteiger partial charge in [0.1, 0.15) is 5.82 Å². The monoisotopic (exact) mass is 295 g/mol. The van der Waals surface area contributed by atoms with Crippen molar-refractivity contribution < 1.29 is 9.13 Å². The highest BCUT2D eigenvalue weighted by Crippen LogP contribution is 2.38. The number of anilines is 1. The minimum Gasteiger partial charge on any atom is -0.382 e. The number of hydrogen-bond donors (Lipinski definition) is 1. The second-order valence-electron chi connectivity index (χ2n) is 6.00. The number of aryl methyl sites for hydroxylation is 1. The Balaban J connectivity index is 1.67. The van der Waals surface area contributed by atoms with Gasteiger partial charge in [-0.3, -0.25) is 0 Å². The fraction of sp³-hybridized carbons (Fsp3) is 0.625. The number of nitrogens with one attached hydrogen (secondary N) is 1. The lowest BCUT2D eigenvalue weighted by atomic mass is 9.85. The standard InChI is InChI=1S/C16H22FNOS/c1-12-8-13(17)10-15(9-12)18-14-2-5-19-16(11-14)3-6-20-7-4-16/h8-10,14,18H,2-7,11H2,1H3. The van der Waals surface area contributed by atoms with E-state index in [9.17, 15) is 4.39 Å². The number of rotatable bonds is 2. The van der Waals surface area contributed by atoms with Crippen LogP contribution in [0, 0.1) is 12.7 Å². The number of hydrogen-bond acceptors (Lipinski definition) is 3. The third-order valence-corrected chi connectivity index (χ3v) is 5.30. The van der Waals surface area contributed by atoms with Crippen molar-refractivity contribution >= 4 is 17.4 Å². The molecule has 2 nitrogen and oxygen atoms in total. The van der Waals surface area contributed by atoms with Crippen molar-refractivity contribution in [2.75, 3.05) is 23.4 Å². The van der Waals surface area contributed by atoms with E-state index in [4.69, 9.17) is 4.74 Å². The summed E-state index contributed by atoms with van der Waals surface area (Å²) >= 11 is 2.02. The molecule has 2 fully saturated rings. The van der Waals surface area contributed by atoms with E-state index in [1.165, 1.54) is 11.5 Å². The van der Waals surface area contributed by atoms with Crippen LogP contribution in [0.1, 0.15) is 31.2 Å². The van der Waals surface area contributed by atoms with E-state index in [1.807, 2.05) is 24.8 Å². The van der Waals surface area contributed by atoms with Crippen molar-refractivity contribution in [3.8, 4) is 0 Å². The SMILES string of the molecule is Cc1cc(F)cc(NC2CCOC3(CCSCC3)C2)c1. The van der Waals surface area contributed by atoms with Crippen LogP contribution in [-0.2, 0) is 4.74 Å². The largest absolute Gasteiger partial charge is 0.382 e. The van der Waals surface area contributed by atoms with Gasteiger partial charge in [-0.25, -0.2) is 4.39 Å². The lowest BCUT2D eigenvalue weighted by Gasteiger charge is -2.43. The van der Waals surface area contributed by atoms with Crippen molar-refractivity contribution in [3.63, 3.8) is 0 Å². The van der Waals surface area contributed by atoms with E-state index in [2.05, 4.69) is 5.32 Å². The second kappa shape index (κ2) is 5.94. The van der Waals surface area contributed by atoms with E-state index in [0.717, 1.165) is 43.5 Å². The number of ether oxygens (including phenoxy) is 1. The summed E-state index contributed by atoms with van der Waals surface area (Å²) in [5, 5.41) is 3.51. The summed E-state index contributed by atoms with van der Waals surface area (Å²) in [4.78, 5) is 0. The van der Waals surface area contributed by atoms with Gasteiger partial charge in [0.2, 0.25) is 0 Å². The molecule has 4 heteroatoms. The lowest BCUT2D eigenvalue weighted by Crippen LogP contribution is -2.46. The Morgan fingerprint density at radius 3 is 2.85 bits per heavy atom. The van der Waals surface area contributed by atoms with Crippen LogP contribution in [0.25, 0.3) is 0 Å². The number of thioether (sulfide) groups is 1. The molecule has 2 saturated heterocycles. The summed E-state index contributed by atoms with van der Waals surface area (Å²) in [6.07, 6.45) is 4.35. The van der Waals surface area contributed by atoms with Crippen LogP contribution < -0.4 is 5.32 Å². The normalized spacial score (nSPS) is 25.6. The maximum absolute atomic E-state index is 13.5. The molecular formula is C16H22FNOS. The molecule has 1 spiro atoms. The van der Waals surface area contributed by atoms with Crippen molar-refractivity contribution in [2.24, 2.45) is 0 Å². The summed E-state index contributed by atoms with van der Waals surface area (Å²) in [6.45, 7) is 2.74. The first-order chi connectivity index (χ1) is 9.65. The Kier molecular flexibility index (Phi) is 4.22. The predicted molar refractivity (Wildman–Crippen MR) is 83.0 cm³/mol. The van der Waals surface area contributed by atoms with Crippen molar-refractivity contribution in [1.82, 2.24) is 0 Å². The van der Waals surface area contributed by atoms with Crippen LogP contribution in [0.15, 0.2) is 18.2 Å². The average Bonchev–Trinajstić information content (AvgIpc) is 2.38. The molecule has 3 rings (SSSR count). The van der Waals surface area contributed by atoms with Gasteiger partial charge in [-0.05, 0) is 67.9 Å². The molecule has 1 aromatic rings. The first kappa shape index (κ1) is 14.2. The highest BCUT2D eigenvalue weighted by atomic mass is 32.2. The van der Waals surface area contributed by atoms with Gasteiger partial charge in [0.15, 0.2) is 0 Å². The second-order valence-corrected chi connectivity index (χ2v) is 7.22. The molecule has 0 radical (unpaired) electrons. The van der Waals surface area contributed by atoms with Gasteiger partial charge in [0.25, 0.3) is 0 Å². The Morgan fingerprint density at radius 1 is 1.30 bits per heavy atom. The molecule has 0 amide bonds. The number of halogens is 1. The third-order valence-electron chi connectivity index (χ3n) is 4.31. The summed E-state index contributed by atoms with van der Waals surface area (Å²) in [6, 6.07) is 5.57. The van der Waals surface area contributed by atoms with Crippen LogP contribution in [0.3, 0.4) is 0 Å². The summed E-state index contributed by atoms with van der Waals surface area (Å²) in [7, 11) is 0. The molecule has 2 heterocycles. The molecule has 0 saturated carbocycles. The van der Waals surface area contributed by atoms with Crippen molar-refractivity contribution in [2.45, 2.75) is 44.2 Å². The lowest BCUT2D eigenvalue weighted by molar-refractivity contribution is -0.0865. The van der Waals surface area contributed by atoms with E-state index in [1.54, 1.807) is 12.1 Å². The molecule has 1 unspecified atom stereocenters. The van der Waals surface area contributed by atoms with E-state index in [-0.39, 0.29) is 11.4 Å². The molecule has 2 aliphatic heterocycles. The first-order valence-corrected chi connectivity index (χ1v) is 8.56. The quantitative estimate of drug-likeness (QED) is 0.891. The van der Waals surface area contributed by atoms with Crippen LogP contribution in [-0.4, -0.2) is 29.8 Å². The molecule has 1 aromatic carbocycles. The van der Waals surface area contributed by atoms with Gasteiger partial charge < -0.3 is 10.1 Å². The zero-order valence-corrected chi connectivity index (χ0v) is 12.8. The first-order valence-electron chi connectivity index (χ1n) is 7.41. The van der Waals surface area contributed by atoms with Crippen LogP contribution >= 0.6 is 11.8 Å². The highest BCUT2D eigenvalue weighted by molar-refractivity contribution is 7.99. The summed E-state index contributed by atoms with van der Waals surface area (Å²) < 4.78 is 19.6. The van der Waals surface area contributed by atoms with E-state index in [0.29, 0.717) is 6.04 Å². The summed E-state index contributed by atoms with van der Waals surface area (Å²) in [5.41, 5.74) is 1.93. The van der Waals surface area contributed by atoms with E-state index >= 15 is 0 Å². The maximum Gasteiger partial charge on any atom is 0.125 e. The molecule has 110 valence electrons. The van der Waals surface area contributed by atoms with Crippen LogP contribution in [0.2, 0.25) is 0 Å². The van der Waals surface area contributed by atoms with Crippen LogP contribution in [0.4, 0.5) is 10.1 Å². The fourth-order valence-corrected chi connectivity index (χ4v) is 4.53. The Bertz CT molecular complexity index is 448. The van der Waals surface area contributed by atoms with Gasteiger partial charge in [0, 0.05) is 18.3 Å². The molecule has 2 aliphatic rings. The molecule has 1 atom stereocenters. The molecule has 0 bridgehead atoms. The van der Waals surface area contributed by atoms with Gasteiger partial charge in [-0.15, -0.1) is 0 Å². The number of benzene rings is 1. The maximum atomic E-state index is 13.5. The Labute approximate surface area is 124 Å². The Morgan fingerprint density at radius 2 is 2.10 bits per heavy atom. The van der Waals surface area contributed by atoms with Gasteiger partial charge >= 0.3 is 0 Å². The van der Waals surface area contributed by atoms with Gasteiger partial charge in [-0.1, -0.05) is 0 Å². The Hall–Kier alpha value is -0.740. The third kappa shape index (κ3) is 3.29. The zero-order valence-electron chi connectivity index (χ0n) is 12.0. The van der Waals surface area contributed by atoms with Gasteiger partial charge in [0.05, 0.1) is 5.60 Å². The molecule has 1 N–H and O–H groups in total. The van der Waals surface area contributed by atoms with Gasteiger partial charge in [-0.2, -0.15) is 11.8 Å². The molecule has 0 aliphatic carbocycles. The topological polar surface area (TPSA) is 21.3 Å². The van der Waals surface area contributed by atoms with Crippen LogP contribution in [0.5, 0.6) is 0 Å². The average molecular weight is 295 g/mol. The molecule has 0 aromatic heterocycles. The minimum absolute atomic E-state index is 0.0730. The minimum atomic E-state index is -0.164. The predicted octanol–water partition coefficient (Wildman–Crippen LogP) is 3.99. The van der Waals surface area contributed by atoms with Crippen molar-refractivity contribution in [1.29, 1.82) is 0 Å². The smallest absolute Gasteiger partial charge is 0.125 e. The molecule has 20 heavy (non-hydrogen) atoms. The highest BCUT2D eigenvalue weighted by Gasteiger charge is 2.38. The fourth-order valence-electron chi connectivity index (χ4n) is 3.30.